The number of hydrogen-bond acceptors (Lipinski definition) is 3. The van der Waals surface area contributed by atoms with Crippen LogP contribution < -0.4 is 11.1 Å². The normalized spacial score (nSPS) is 26.9. The quantitative estimate of drug-likeness (QED) is 0.874. The van der Waals surface area contributed by atoms with E-state index in [-0.39, 0.29) is 12.0 Å². The molecule has 1 aliphatic carbocycles. The van der Waals surface area contributed by atoms with Crippen molar-refractivity contribution in [2.45, 2.75) is 44.2 Å². The van der Waals surface area contributed by atoms with Crippen LogP contribution >= 0.6 is 0 Å². The summed E-state index contributed by atoms with van der Waals surface area (Å²) >= 11 is 0. The second kappa shape index (κ2) is 5.61. The van der Waals surface area contributed by atoms with Crippen molar-refractivity contribution in [1.29, 1.82) is 0 Å². The van der Waals surface area contributed by atoms with Crippen LogP contribution in [0.25, 0.3) is 0 Å². The molecule has 1 aromatic carbocycles. The van der Waals surface area contributed by atoms with E-state index in [0.29, 0.717) is 0 Å². The molecule has 1 saturated carbocycles. The van der Waals surface area contributed by atoms with E-state index in [1.165, 1.54) is 0 Å². The van der Waals surface area contributed by atoms with Crippen molar-refractivity contribution in [2.24, 2.45) is 5.73 Å². The zero-order valence-electron chi connectivity index (χ0n) is 11.6. The Labute approximate surface area is 114 Å². The van der Waals surface area contributed by atoms with E-state index in [0.717, 1.165) is 36.9 Å². The van der Waals surface area contributed by atoms with Crippen molar-refractivity contribution in [3.63, 3.8) is 0 Å². The summed E-state index contributed by atoms with van der Waals surface area (Å²) in [4.78, 5) is 11.9. The minimum Gasteiger partial charge on any atom is -0.381 e. The first-order valence-corrected chi connectivity index (χ1v) is 6.73. The topological polar surface area (TPSA) is 64.3 Å². The summed E-state index contributed by atoms with van der Waals surface area (Å²) in [5, 5.41) is 3.35. The number of rotatable bonds is 4. The fourth-order valence-electron chi connectivity index (χ4n) is 2.75. The molecular formula is C15H22N2O2. The molecule has 4 heteroatoms. The number of primary amides is 1. The number of amides is 1. The first-order chi connectivity index (χ1) is 9.05. The number of carbonyl (C=O) groups excluding carboxylic acids is 1. The van der Waals surface area contributed by atoms with Crippen molar-refractivity contribution in [1.82, 2.24) is 0 Å². The summed E-state index contributed by atoms with van der Waals surface area (Å²) in [7, 11) is 1.72. The van der Waals surface area contributed by atoms with E-state index in [1.54, 1.807) is 7.11 Å². The molecule has 104 valence electrons. The molecule has 19 heavy (non-hydrogen) atoms. The largest absolute Gasteiger partial charge is 0.381 e. The average Bonchev–Trinajstić information content (AvgIpc) is 2.39. The van der Waals surface area contributed by atoms with Gasteiger partial charge in [0.15, 0.2) is 0 Å². The lowest BCUT2D eigenvalue weighted by Crippen LogP contribution is -2.53. The Hall–Kier alpha value is -1.55. The van der Waals surface area contributed by atoms with Gasteiger partial charge in [-0.2, -0.15) is 0 Å². The molecule has 0 saturated heterocycles. The first kappa shape index (κ1) is 13.9. The average molecular weight is 262 g/mol. The first-order valence-electron chi connectivity index (χ1n) is 6.73. The highest BCUT2D eigenvalue weighted by Crippen LogP contribution is 2.33. The van der Waals surface area contributed by atoms with Gasteiger partial charge in [-0.15, -0.1) is 0 Å². The molecule has 0 atom stereocenters. The minimum atomic E-state index is -0.636. The molecule has 3 N–H and O–H groups in total. The van der Waals surface area contributed by atoms with Crippen molar-refractivity contribution >= 4 is 11.6 Å². The van der Waals surface area contributed by atoms with Crippen LogP contribution in [0, 0.1) is 6.92 Å². The molecule has 2 rings (SSSR count). The SMILES string of the molecule is COC1CCC(Nc2cccc(C)c2)(C(N)=O)CC1. The minimum absolute atomic E-state index is 0.242. The summed E-state index contributed by atoms with van der Waals surface area (Å²) in [6.45, 7) is 2.03. The third-order valence-corrected chi connectivity index (χ3v) is 3.99. The molecular weight excluding hydrogens is 240 g/mol. The lowest BCUT2D eigenvalue weighted by Gasteiger charge is -2.38. The predicted octanol–water partition coefficient (Wildman–Crippen LogP) is 2.22. The van der Waals surface area contributed by atoms with E-state index >= 15 is 0 Å². The number of aryl methyl sites for hydroxylation is 1. The van der Waals surface area contributed by atoms with Crippen LogP contribution in [0.5, 0.6) is 0 Å². The highest BCUT2D eigenvalue weighted by atomic mass is 16.5. The Morgan fingerprint density at radius 2 is 2.11 bits per heavy atom. The molecule has 1 aromatic rings. The molecule has 1 amide bonds. The summed E-state index contributed by atoms with van der Waals surface area (Å²) in [6, 6.07) is 8.02. The number of nitrogens with two attached hydrogens (primary N) is 1. The number of benzene rings is 1. The fourth-order valence-corrected chi connectivity index (χ4v) is 2.75. The van der Waals surface area contributed by atoms with Crippen LogP contribution in [0.2, 0.25) is 0 Å². The van der Waals surface area contributed by atoms with Gasteiger partial charge in [-0.3, -0.25) is 4.79 Å². The molecule has 1 fully saturated rings. The van der Waals surface area contributed by atoms with Gasteiger partial charge in [0.05, 0.1) is 6.10 Å². The van der Waals surface area contributed by atoms with Crippen molar-refractivity contribution in [2.75, 3.05) is 12.4 Å². The lowest BCUT2D eigenvalue weighted by atomic mass is 9.79. The molecule has 4 nitrogen and oxygen atoms in total. The van der Waals surface area contributed by atoms with E-state index in [2.05, 4.69) is 5.32 Å². The smallest absolute Gasteiger partial charge is 0.243 e. The monoisotopic (exact) mass is 262 g/mol. The van der Waals surface area contributed by atoms with Crippen LogP contribution in [0.3, 0.4) is 0 Å². The Morgan fingerprint density at radius 3 is 2.63 bits per heavy atom. The van der Waals surface area contributed by atoms with Crippen molar-refractivity contribution < 1.29 is 9.53 Å². The second-order valence-corrected chi connectivity index (χ2v) is 5.38. The van der Waals surface area contributed by atoms with E-state index in [4.69, 9.17) is 10.5 Å². The highest BCUT2D eigenvalue weighted by Gasteiger charge is 2.40. The van der Waals surface area contributed by atoms with E-state index < -0.39 is 5.54 Å². The van der Waals surface area contributed by atoms with Crippen LogP contribution in [-0.2, 0) is 9.53 Å². The van der Waals surface area contributed by atoms with E-state index in [1.807, 2.05) is 31.2 Å². The van der Waals surface area contributed by atoms with Gasteiger partial charge in [-0.25, -0.2) is 0 Å². The highest BCUT2D eigenvalue weighted by molar-refractivity contribution is 5.88. The fraction of sp³-hybridized carbons (Fsp3) is 0.533. The lowest BCUT2D eigenvalue weighted by molar-refractivity contribution is -0.124. The van der Waals surface area contributed by atoms with E-state index in [9.17, 15) is 4.79 Å². The van der Waals surface area contributed by atoms with Gasteiger partial charge < -0.3 is 15.8 Å². The van der Waals surface area contributed by atoms with Crippen LogP contribution in [-0.4, -0.2) is 24.7 Å². The van der Waals surface area contributed by atoms with Gasteiger partial charge >= 0.3 is 0 Å². The zero-order valence-corrected chi connectivity index (χ0v) is 11.6. The van der Waals surface area contributed by atoms with Crippen LogP contribution in [0.1, 0.15) is 31.2 Å². The molecule has 0 spiro atoms. The maximum atomic E-state index is 11.9. The molecule has 0 aliphatic heterocycles. The number of hydrogen-bond donors (Lipinski definition) is 2. The van der Waals surface area contributed by atoms with Crippen molar-refractivity contribution in [3.8, 4) is 0 Å². The standard InChI is InChI=1S/C15H22N2O2/c1-11-4-3-5-12(10-11)17-15(14(16)18)8-6-13(19-2)7-9-15/h3-5,10,13,17H,6-9H2,1-2H3,(H2,16,18). The third kappa shape index (κ3) is 3.07. The number of carbonyl (C=O) groups is 1. The van der Waals surface area contributed by atoms with Gasteiger partial charge in [-0.1, -0.05) is 12.1 Å². The molecule has 0 bridgehead atoms. The van der Waals surface area contributed by atoms with Gasteiger partial charge in [-0.05, 0) is 50.3 Å². The van der Waals surface area contributed by atoms with Crippen LogP contribution in [0.4, 0.5) is 5.69 Å². The summed E-state index contributed by atoms with van der Waals surface area (Å²) in [5.41, 5.74) is 7.11. The molecule has 1 aliphatic rings. The van der Waals surface area contributed by atoms with Gasteiger partial charge in [0, 0.05) is 12.8 Å². The Kier molecular flexibility index (Phi) is 4.10. The Morgan fingerprint density at radius 1 is 1.42 bits per heavy atom. The third-order valence-electron chi connectivity index (χ3n) is 3.99. The molecule has 0 aromatic heterocycles. The number of methoxy groups -OCH3 is 1. The molecule has 0 heterocycles. The molecule has 0 radical (unpaired) electrons. The van der Waals surface area contributed by atoms with Crippen LogP contribution in [0.15, 0.2) is 24.3 Å². The Bertz CT molecular complexity index is 451. The predicted molar refractivity (Wildman–Crippen MR) is 76.0 cm³/mol. The zero-order chi connectivity index (χ0) is 13.9. The Balaban J connectivity index is 2.15. The maximum Gasteiger partial charge on any atom is 0.243 e. The second-order valence-electron chi connectivity index (χ2n) is 5.38. The summed E-state index contributed by atoms with van der Waals surface area (Å²) in [6.07, 6.45) is 3.40. The van der Waals surface area contributed by atoms with Gasteiger partial charge in [0.2, 0.25) is 5.91 Å². The summed E-state index contributed by atoms with van der Waals surface area (Å²) in [5.74, 6) is -0.274. The number of anilines is 1. The number of nitrogens with one attached hydrogen (secondary N) is 1. The molecule has 0 unspecified atom stereocenters. The maximum absolute atomic E-state index is 11.9. The van der Waals surface area contributed by atoms with Gasteiger partial charge in [0.1, 0.15) is 5.54 Å². The van der Waals surface area contributed by atoms with Crippen molar-refractivity contribution in [3.05, 3.63) is 29.8 Å². The summed E-state index contributed by atoms with van der Waals surface area (Å²) < 4.78 is 5.35. The van der Waals surface area contributed by atoms with Gasteiger partial charge in [0.25, 0.3) is 0 Å². The number of ether oxygens (including phenoxy) is 1.